The summed E-state index contributed by atoms with van der Waals surface area (Å²) in [6.45, 7) is 5.45. The maximum Gasteiger partial charge on any atom is 0.338 e. The molecule has 1 saturated carbocycles. The molecule has 4 rings (SSSR count). The second-order valence-electron chi connectivity index (χ2n) is 9.01. The molecule has 2 aromatic rings. The summed E-state index contributed by atoms with van der Waals surface area (Å²) in [5.41, 5.74) is 2.76. The fraction of sp³-hybridized carbons (Fsp3) is 0.385. The Morgan fingerprint density at radius 1 is 1.00 bits per heavy atom. The van der Waals surface area contributed by atoms with E-state index in [0.717, 1.165) is 35.3 Å². The molecule has 0 saturated heterocycles. The maximum atomic E-state index is 13.1. The Bertz CT molecular complexity index is 1140. The zero-order valence-electron chi connectivity index (χ0n) is 19.1. The lowest BCUT2D eigenvalue weighted by molar-refractivity contribution is -0.125. The predicted molar refractivity (Wildman–Crippen MR) is 123 cm³/mol. The largest absolute Gasteiger partial charge is 0.452 e. The van der Waals surface area contributed by atoms with Gasteiger partial charge in [0.25, 0.3) is 17.7 Å². The lowest BCUT2D eigenvalue weighted by Crippen LogP contribution is -2.42. The number of fused-ring (bicyclic) bond motifs is 1. The number of esters is 1. The molecule has 0 unspecified atom stereocenters. The summed E-state index contributed by atoms with van der Waals surface area (Å²) in [5, 5.41) is 2.94. The molecule has 2 atom stereocenters. The van der Waals surface area contributed by atoms with Crippen molar-refractivity contribution in [3.63, 3.8) is 0 Å². The van der Waals surface area contributed by atoms with Crippen LogP contribution in [0.3, 0.4) is 0 Å². The van der Waals surface area contributed by atoms with Crippen LogP contribution in [0.4, 0.5) is 5.69 Å². The third-order valence-electron chi connectivity index (χ3n) is 6.52. The molecule has 2 aromatic carbocycles. The molecule has 0 radical (unpaired) electrons. The Labute approximate surface area is 193 Å². The number of anilines is 1. The van der Waals surface area contributed by atoms with Crippen molar-refractivity contribution in [1.82, 2.24) is 5.32 Å². The van der Waals surface area contributed by atoms with Crippen LogP contribution in [0.15, 0.2) is 36.4 Å². The molecular weight excluding hydrogens is 420 g/mol. The first-order valence-corrected chi connectivity index (χ1v) is 11.3. The van der Waals surface area contributed by atoms with Crippen molar-refractivity contribution in [1.29, 1.82) is 0 Å². The van der Waals surface area contributed by atoms with E-state index in [1.54, 1.807) is 6.07 Å². The summed E-state index contributed by atoms with van der Waals surface area (Å²) in [6.07, 6.45) is 4.25. The van der Waals surface area contributed by atoms with E-state index in [-0.39, 0.29) is 35.2 Å². The van der Waals surface area contributed by atoms with Gasteiger partial charge in [-0.2, -0.15) is 0 Å². The minimum absolute atomic E-state index is 0.102. The van der Waals surface area contributed by atoms with Gasteiger partial charge in [0.1, 0.15) is 0 Å². The second-order valence-corrected chi connectivity index (χ2v) is 9.01. The van der Waals surface area contributed by atoms with Crippen LogP contribution in [0.5, 0.6) is 0 Å². The van der Waals surface area contributed by atoms with E-state index in [9.17, 15) is 19.2 Å². The van der Waals surface area contributed by atoms with Crippen molar-refractivity contribution in [2.45, 2.75) is 52.5 Å². The van der Waals surface area contributed by atoms with Crippen LogP contribution in [0.1, 0.15) is 74.8 Å². The van der Waals surface area contributed by atoms with Crippen molar-refractivity contribution in [2.24, 2.45) is 5.92 Å². The number of rotatable bonds is 5. The standard InChI is InChI=1S/C26H28N2O5/c1-15-8-9-17(3)22(12-15)28-24(30)19-11-10-18(13-20(19)25(28)31)26(32)33-14-23(29)27-21-7-5-4-6-16(21)2/h8-13,16,21H,4-7,14H2,1-3H3,(H,27,29)/t16-,21-/m0/s1. The highest BCUT2D eigenvalue weighted by atomic mass is 16.5. The monoisotopic (exact) mass is 448 g/mol. The molecule has 1 aliphatic carbocycles. The SMILES string of the molecule is Cc1ccc(C)c(N2C(=O)c3ccc(C(=O)OCC(=O)N[C@H]4CCCC[C@@H]4C)cc3C2=O)c1. The zero-order chi connectivity index (χ0) is 23.7. The summed E-state index contributed by atoms with van der Waals surface area (Å²) in [4.78, 5) is 51.9. The molecule has 33 heavy (non-hydrogen) atoms. The third kappa shape index (κ3) is 4.53. The highest BCUT2D eigenvalue weighted by molar-refractivity contribution is 6.35. The van der Waals surface area contributed by atoms with E-state index in [0.29, 0.717) is 11.6 Å². The summed E-state index contributed by atoms with van der Waals surface area (Å²) in [5.74, 6) is -1.56. The lowest BCUT2D eigenvalue weighted by atomic mass is 9.86. The number of ether oxygens (including phenoxy) is 1. The van der Waals surface area contributed by atoms with Crippen molar-refractivity contribution in [2.75, 3.05) is 11.5 Å². The van der Waals surface area contributed by atoms with Gasteiger partial charge in [-0.15, -0.1) is 0 Å². The average molecular weight is 449 g/mol. The first kappa shape index (κ1) is 22.7. The highest BCUT2D eigenvalue weighted by Gasteiger charge is 2.38. The Morgan fingerprint density at radius 3 is 2.48 bits per heavy atom. The van der Waals surface area contributed by atoms with E-state index < -0.39 is 17.8 Å². The Balaban J connectivity index is 1.45. The van der Waals surface area contributed by atoms with Gasteiger partial charge in [-0.25, -0.2) is 9.69 Å². The Kier molecular flexibility index (Phi) is 6.31. The third-order valence-corrected chi connectivity index (χ3v) is 6.52. The normalized spacial score (nSPS) is 19.9. The molecule has 1 N–H and O–H groups in total. The molecule has 0 aromatic heterocycles. The van der Waals surface area contributed by atoms with Gasteiger partial charge in [0.15, 0.2) is 6.61 Å². The van der Waals surface area contributed by atoms with Crippen LogP contribution in [0, 0.1) is 19.8 Å². The average Bonchev–Trinajstić information content (AvgIpc) is 3.05. The van der Waals surface area contributed by atoms with Gasteiger partial charge in [0.05, 0.1) is 22.4 Å². The topological polar surface area (TPSA) is 92.8 Å². The maximum absolute atomic E-state index is 13.1. The molecule has 3 amide bonds. The number of aryl methyl sites for hydroxylation is 2. The number of nitrogens with one attached hydrogen (secondary N) is 1. The number of imide groups is 1. The highest BCUT2D eigenvalue weighted by Crippen LogP contribution is 2.32. The molecule has 2 aliphatic rings. The summed E-state index contributed by atoms with van der Waals surface area (Å²) >= 11 is 0. The quantitative estimate of drug-likeness (QED) is 0.552. The van der Waals surface area contributed by atoms with Crippen molar-refractivity contribution >= 4 is 29.4 Å². The number of amides is 3. The molecular formula is C26H28N2O5. The van der Waals surface area contributed by atoms with Crippen LogP contribution in [-0.4, -0.2) is 36.3 Å². The zero-order valence-corrected chi connectivity index (χ0v) is 19.1. The molecule has 1 heterocycles. The van der Waals surface area contributed by atoms with Gasteiger partial charge in [-0.1, -0.05) is 31.9 Å². The van der Waals surface area contributed by atoms with Gasteiger partial charge >= 0.3 is 5.97 Å². The first-order valence-electron chi connectivity index (χ1n) is 11.3. The fourth-order valence-electron chi connectivity index (χ4n) is 4.54. The number of nitrogens with zero attached hydrogens (tertiary/aromatic N) is 1. The van der Waals surface area contributed by atoms with Gasteiger partial charge in [0, 0.05) is 6.04 Å². The molecule has 0 bridgehead atoms. The van der Waals surface area contributed by atoms with E-state index in [2.05, 4.69) is 12.2 Å². The fourth-order valence-corrected chi connectivity index (χ4v) is 4.54. The van der Waals surface area contributed by atoms with Crippen molar-refractivity contribution in [3.05, 3.63) is 64.2 Å². The smallest absolute Gasteiger partial charge is 0.338 e. The second kappa shape index (κ2) is 9.17. The molecule has 172 valence electrons. The van der Waals surface area contributed by atoms with Gasteiger partial charge < -0.3 is 10.1 Å². The number of benzene rings is 2. The van der Waals surface area contributed by atoms with Crippen LogP contribution >= 0.6 is 0 Å². The van der Waals surface area contributed by atoms with Crippen molar-refractivity contribution < 1.29 is 23.9 Å². The Hall–Kier alpha value is -3.48. The molecule has 7 nitrogen and oxygen atoms in total. The van der Waals surface area contributed by atoms with Gasteiger partial charge in [-0.05, 0) is 68.0 Å². The van der Waals surface area contributed by atoms with Crippen LogP contribution < -0.4 is 10.2 Å². The first-order chi connectivity index (χ1) is 15.8. The number of carbonyl (C=O) groups excluding carboxylic acids is 4. The van der Waals surface area contributed by atoms with Crippen molar-refractivity contribution in [3.8, 4) is 0 Å². The van der Waals surface area contributed by atoms with E-state index in [4.69, 9.17) is 4.74 Å². The van der Waals surface area contributed by atoms with Gasteiger partial charge in [-0.3, -0.25) is 14.4 Å². The summed E-state index contributed by atoms with van der Waals surface area (Å²) in [6, 6.07) is 9.93. The van der Waals surface area contributed by atoms with Crippen LogP contribution in [0.25, 0.3) is 0 Å². The van der Waals surface area contributed by atoms with Gasteiger partial charge in [0.2, 0.25) is 0 Å². The van der Waals surface area contributed by atoms with E-state index >= 15 is 0 Å². The predicted octanol–water partition coefficient (Wildman–Crippen LogP) is 3.96. The summed E-state index contributed by atoms with van der Waals surface area (Å²) in [7, 11) is 0. The molecule has 1 aliphatic heterocycles. The Morgan fingerprint density at radius 2 is 1.73 bits per heavy atom. The number of hydrogen-bond acceptors (Lipinski definition) is 5. The number of carbonyl (C=O) groups is 4. The minimum Gasteiger partial charge on any atom is -0.452 e. The van der Waals surface area contributed by atoms with Crippen LogP contribution in [0.2, 0.25) is 0 Å². The van der Waals surface area contributed by atoms with Crippen LogP contribution in [-0.2, 0) is 9.53 Å². The lowest BCUT2D eigenvalue weighted by Gasteiger charge is -2.29. The minimum atomic E-state index is -0.713. The molecule has 1 fully saturated rings. The number of hydrogen-bond donors (Lipinski definition) is 1. The van der Waals surface area contributed by atoms with E-state index in [1.807, 2.05) is 26.0 Å². The molecule has 0 spiro atoms. The molecule has 7 heteroatoms. The summed E-state index contributed by atoms with van der Waals surface area (Å²) < 4.78 is 5.17. The van der Waals surface area contributed by atoms with E-state index in [1.165, 1.54) is 24.6 Å².